The maximum Gasteiger partial charge on any atom is 0.0945 e. The molecule has 0 atom stereocenters. The highest BCUT2D eigenvalue weighted by Gasteiger charge is 2.08. The van der Waals surface area contributed by atoms with Crippen LogP contribution < -0.4 is 5.32 Å². The second-order valence-electron chi connectivity index (χ2n) is 6.04. The van der Waals surface area contributed by atoms with E-state index in [9.17, 15) is 0 Å². The Labute approximate surface area is 125 Å². The van der Waals surface area contributed by atoms with Crippen molar-refractivity contribution < 1.29 is 0 Å². The lowest BCUT2D eigenvalue weighted by molar-refractivity contribution is 0.424. The van der Waals surface area contributed by atoms with Gasteiger partial charge in [-0.3, -0.25) is 0 Å². The molecule has 0 aliphatic heterocycles. The van der Waals surface area contributed by atoms with Crippen LogP contribution in [-0.4, -0.2) is 15.1 Å². The summed E-state index contributed by atoms with van der Waals surface area (Å²) in [6.07, 6.45) is 3.78. The molecule has 0 radical (unpaired) electrons. The number of aryl methyl sites for hydroxylation is 1. The lowest BCUT2D eigenvalue weighted by Gasteiger charge is -2.20. The molecule has 108 valence electrons. The van der Waals surface area contributed by atoms with E-state index in [0.717, 1.165) is 12.3 Å². The summed E-state index contributed by atoms with van der Waals surface area (Å²) in [5, 5.41) is 3.52. The van der Waals surface area contributed by atoms with Crippen LogP contribution in [0.2, 0.25) is 0 Å². The zero-order chi connectivity index (χ0) is 14.6. The van der Waals surface area contributed by atoms with Crippen LogP contribution in [0.25, 0.3) is 0 Å². The van der Waals surface area contributed by atoms with E-state index in [-0.39, 0.29) is 5.54 Å². The van der Waals surface area contributed by atoms with Gasteiger partial charge in [-0.25, -0.2) is 4.98 Å². The molecule has 0 saturated heterocycles. The van der Waals surface area contributed by atoms with Crippen LogP contribution >= 0.6 is 11.8 Å². The Morgan fingerprint density at radius 1 is 1.30 bits per heavy atom. The smallest absolute Gasteiger partial charge is 0.0945 e. The molecule has 1 N–H and O–H groups in total. The van der Waals surface area contributed by atoms with Crippen molar-refractivity contribution in [3.63, 3.8) is 0 Å². The minimum Gasteiger partial charge on any atom is -0.337 e. The molecule has 1 heterocycles. The van der Waals surface area contributed by atoms with Gasteiger partial charge in [-0.1, -0.05) is 12.1 Å². The van der Waals surface area contributed by atoms with Gasteiger partial charge in [0.15, 0.2) is 0 Å². The molecule has 4 heteroatoms. The second-order valence-corrected chi connectivity index (χ2v) is 7.08. The molecule has 0 aliphatic rings. The highest BCUT2D eigenvalue weighted by Crippen LogP contribution is 2.23. The Hall–Kier alpha value is -1.26. The van der Waals surface area contributed by atoms with Crippen molar-refractivity contribution in [2.24, 2.45) is 7.05 Å². The number of nitrogens with zero attached hydrogens (tertiary/aromatic N) is 2. The monoisotopic (exact) mass is 289 g/mol. The SMILES string of the molecule is Cn1cncc1CSc1cccc(CNC(C)(C)C)c1. The predicted octanol–water partition coefficient (Wildman–Crippen LogP) is 3.60. The highest BCUT2D eigenvalue weighted by atomic mass is 32.2. The van der Waals surface area contributed by atoms with E-state index in [1.165, 1.54) is 16.2 Å². The van der Waals surface area contributed by atoms with Crippen LogP contribution in [0.5, 0.6) is 0 Å². The minimum absolute atomic E-state index is 0.151. The Balaban J connectivity index is 1.94. The summed E-state index contributed by atoms with van der Waals surface area (Å²) in [5.41, 5.74) is 2.72. The average Bonchev–Trinajstić information content (AvgIpc) is 2.79. The normalized spacial score (nSPS) is 11.8. The van der Waals surface area contributed by atoms with Crippen molar-refractivity contribution in [3.05, 3.63) is 48.0 Å². The Morgan fingerprint density at radius 3 is 2.75 bits per heavy atom. The highest BCUT2D eigenvalue weighted by molar-refractivity contribution is 7.98. The van der Waals surface area contributed by atoms with Gasteiger partial charge in [-0.2, -0.15) is 0 Å². The van der Waals surface area contributed by atoms with Gasteiger partial charge in [-0.15, -0.1) is 11.8 Å². The Kier molecular flexibility index (Phi) is 4.89. The number of hydrogen-bond acceptors (Lipinski definition) is 3. The lowest BCUT2D eigenvalue weighted by atomic mass is 10.1. The van der Waals surface area contributed by atoms with Crippen molar-refractivity contribution >= 4 is 11.8 Å². The first-order chi connectivity index (χ1) is 9.44. The van der Waals surface area contributed by atoms with Crippen molar-refractivity contribution in [2.45, 2.75) is 43.5 Å². The Bertz CT molecular complexity index is 555. The Morgan fingerprint density at radius 2 is 2.10 bits per heavy atom. The number of hydrogen-bond donors (Lipinski definition) is 1. The standard InChI is InChI=1S/C16H23N3S/c1-16(2,3)18-9-13-6-5-7-15(8-13)20-11-14-10-17-12-19(14)4/h5-8,10,12,18H,9,11H2,1-4H3. The van der Waals surface area contributed by atoms with Crippen LogP contribution in [0.1, 0.15) is 32.0 Å². The molecular weight excluding hydrogens is 266 g/mol. The maximum absolute atomic E-state index is 4.15. The summed E-state index contributed by atoms with van der Waals surface area (Å²) in [4.78, 5) is 5.45. The number of imidazole rings is 1. The van der Waals surface area contributed by atoms with E-state index >= 15 is 0 Å². The van der Waals surface area contributed by atoms with Crippen LogP contribution in [-0.2, 0) is 19.3 Å². The lowest BCUT2D eigenvalue weighted by Crippen LogP contribution is -2.35. The summed E-state index contributed by atoms with van der Waals surface area (Å²) in [7, 11) is 2.03. The van der Waals surface area contributed by atoms with E-state index in [0.29, 0.717) is 0 Å². The summed E-state index contributed by atoms with van der Waals surface area (Å²) >= 11 is 1.85. The second kappa shape index (κ2) is 6.46. The molecule has 3 nitrogen and oxygen atoms in total. The van der Waals surface area contributed by atoms with Gasteiger partial charge in [-0.05, 0) is 38.5 Å². The molecule has 0 bridgehead atoms. The first-order valence-electron chi connectivity index (χ1n) is 6.86. The number of aromatic nitrogens is 2. The number of thioether (sulfide) groups is 1. The quantitative estimate of drug-likeness (QED) is 0.853. The fourth-order valence-electron chi connectivity index (χ4n) is 1.79. The van der Waals surface area contributed by atoms with Gasteiger partial charge in [0.05, 0.1) is 6.33 Å². The molecular formula is C16H23N3S. The average molecular weight is 289 g/mol. The summed E-state index contributed by atoms with van der Waals surface area (Å²) in [6.45, 7) is 7.47. The van der Waals surface area contributed by atoms with Gasteiger partial charge in [0.2, 0.25) is 0 Å². The van der Waals surface area contributed by atoms with E-state index in [1.807, 2.05) is 31.3 Å². The number of nitrogens with one attached hydrogen (secondary N) is 1. The molecule has 0 amide bonds. The van der Waals surface area contributed by atoms with E-state index in [1.54, 1.807) is 0 Å². The topological polar surface area (TPSA) is 29.9 Å². The molecule has 2 rings (SSSR count). The molecule has 0 fully saturated rings. The van der Waals surface area contributed by atoms with E-state index in [4.69, 9.17) is 0 Å². The molecule has 20 heavy (non-hydrogen) atoms. The van der Waals surface area contributed by atoms with Gasteiger partial charge in [0.25, 0.3) is 0 Å². The number of rotatable bonds is 5. The zero-order valence-corrected chi connectivity index (χ0v) is 13.5. The third kappa shape index (κ3) is 4.69. The third-order valence-corrected chi connectivity index (χ3v) is 4.05. The number of benzene rings is 1. The first kappa shape index (κ1) is 15.1. The molecule has 1 aromatic heterocycles. The maximum atomic E-state index is 4.15. The molecule has 2 aromatic rings. The molecule has 1 aromatic carbocycles. The van der Waals surface area contributed by atoms with Crippen molar-refractivity contribution in [3.8, 4) is 0 Å². The van der Waals surface area contributed by atoms with Crippen LogP contribution in [0.15, 0.2) is 41.7 Å². The summed E-state index contributed by atoms with van der Waals surface area (Å²) < 4.78 is 2.07. The third-order valence-electron chi connectivity index (χ3n) is 3.02. The summed E-state index contributed by atoms with van der Waals surface area (Å²) in [5.74, 6) is 0.951. The fraction of sp³-hybridized carbons (Fsp3) is 0.438. The molecule has 0 unspecified atom stereocenters. The first-order valence-corrected chi connectivity index (χ1v) is 7.84. The fourth-order valence-corrected chi connectivity index (χ4v) is 2.80. The largest absolute Gasteiger partial charge is 0.337 e. The van der Waals surface area contributed by atoms with Crippen LogP contribution in [0, 0.1) is 0 Å². The van der Waals surface area contributed by atoms with Crippen molar-refractivity contribution in [2.75, 3.05) is 0 Å². The molecule has 0 spiro atoms. The van der Waals surface area contributed by atoms with Gasteiger partial charge >= 0.3 is 0 Å². The molecule has 0 saturated carbocycles. The minimum atomic E-state index is 0.151. The van der Waals surface area contributed by atoms with E-state index < -0.39 is 0 Å². The summed E-state index contributed by atoms with van der Waals surface area (Å²) in [6, 6.07) is 8.74. The molecule has 0 aliphatic carbocycles. The van der Waals surface area contributed by atoms with Gasteiger partial charge in [0.1, 0.15) is 0 Å². The predicted molar refractivity (Wildman–Crippen MR) is 85.8 cm³/mol. The van der Waals surface area contributed by atoms with Crippen molar-refractivity contribution in [1.82, 2.24) is 14.9 Å². The van der Waals surface area contributed by atoms with E-state index in [2.05, 4.69) is 59.9 Å². The zero-order valence-electron chi connectivity index (χ0n) is 12.7. The van der Waals surface area contributed by atoms with Gasteiger partial charge in [0, 0.05) is 41.7 Å². The van der Waals surface area contributed by atoms with Crippen LogP contribution in [0.3, 0.4) is 0 Å². The van der Waals surface area contributed by atoms with Gasteiger partial charge < -0.3 is 9.88 Å². The van der Waals surface area contributed by atoms with Crippen LogP contribution in [0.4, 0.5) is 0 Å². The van der Waals surface area contributed by atoms with Crippen molar-refractivity contribution in [1.29, 1.82) is 0 Å².